The maximum Gasteiger partial charge on any atom is 0.319 e. The zero-order chi connectivity index (χ0) is 16.9. The molecule has 2 N–H and O–H groups in total. The molecule has 1 aromatic carbocycles. The Labute approximate surface area is 137 Å². The van der Waals surface area contributed by atoms with E-state index in [1.165, 1.54) is 0 Å². The fraction of sp³-hybridized carbons (Fsp3) is 0.312. The van der Waals surface area contributed by atoms with Gasteiger partial charge in [-0.25, -0.2) is 23.5 Å². The van der Waals surface area contributed by atoms with Gasteiger partial charge < -0.3 is 15.5 Å². The summed E-state index contributed by atoms with van der Waals surface area (Å²) >= 11 is 0. The van der Waals surface area contributed by atoms with Crippen molar-refractivity contribution in [2.45, 2.75) is 19.4 Å². The first-order chi connectivity index (χ1) is 11.6. The van der Waals surface area contributed by atoms with Gasteiger partial charge in [-0.3, -0.25) is 0 Å². The number of hydrogen-bond acceptors (Lipinski definition) is 4. The lowest BCUT2D eigenvalue weighted by atomic mass is 10.3. The van der Waals surface area contributed by atoms with E-state index in [0.717, 1.165) is 44.1 Å². The average molecular weight is 333 g/mol. The van der Waals surface area contributed by atoms with E-state index in [9.17, 15) is 13.6 Å². The van der Waals surface area contributed by atoms with Crippen LogP contribution < -0.4 is 15.5 Å². The second-order valence-electron chi connectivity index (χ2n) is 5.51. The SMILES string of the molecule is O=C(NCc1ccnc(N2CCCC2)n1)Nc1cc(F)cc(F)c1. The molecule has 1 aliphatic heterocycles. The van der Waals surface area contributed by atoms with Crippen LogP contribution in [-0.2, 0) is 6.54 Å². The van der Waals surface area contributed by atoms with Gasteiger partial charge in [0.2, 0.25) is 5.95 Å². The maximum absolute atomic E-state index is 13.1. The van der Waals surface area contributed by atoms with Gasteiger partial charge in [0.15, 0.2) is 0 Å². The Morgan fingerprint density at radius 3 is 2.58 bits per heavy atom. The van der Waals surface area contributed by atoms with Crippen LogP contribution in [0.1, 0.15) is 18.5 Å². The molecule has 0 aliphatic carbocycles. The number of aromatic nitrogens is 2. The summed E-state index contributed by atoms with van der Waals surface area (Å²) in [6.45, 7) is 2.05. The highest BCUT2D eigenvalue weighted by molar-refractivity contribution is 5.89. The van der Waals surface area contributed by atoms with Gasteiger partial charge in [0.05, 0.1) is 12.2 Å². The van der Waals surface area contributed by atoms with Gasteiger partial charge in [-0.1, -0.05) is 0 Å². The molecule has 0 spiro atoms. The summed E-state index contributed by atoms with van der Waals surface area (Å²) in [7, 11) is 0. The van der Waals surface area contributed by atoms with Gasteiger partial charge in [0.1, 0.15) is 11.6 Å². The van der Waals surface area contributed by atoms with Crippen molar-refractivity contribution in [2.24, 2.45) is 0 Å². The number of nitrogens with zero attached hydrogens (tertiary/aromatic N) is 3. The van der Waals surface area contributed by atoms with Crippen molar-refractivity contribution in [1.29, 1.82) is 0 Å². The zero-order valence-corrected chi connectivity index (χ0v) is 12.9. The van der Waals surface area contributed by atoms with Gasteiger partial charge in [0.25, 0.3) is 0 Å². The van der Waals surface area contributed by atoms with Crippen molar-refractivity contribution in [1.82, 2.24) is 15.3 Å². The minimum absolute atomic E-state index is 0.0467. The van der Waals surface area contributed by atoms with Crippen LogP contribution in [0.15, 0.2) is 30.5 Å². The fourth-order valence-electron chi connectivity index (χ4n) is 2.52. The Kier molecular flexibility index (Phi) is 4.83. The van der Waals surface area contributed by atoms with E-state index in [1.807, 2.05) is 0 Å². The van der Waals surface area contributed by atoms with Crippen molar-refractivity contribution < 1.29 is 13.6 Å². The van der Waals surface area contributed by atoms with Gasteiger partial charge in [0, 0.05) is 31.0 Å². The summed E-state index contributed by atoms with van der Waals surface area (Å²) < 4.78 is 26.2. The van der Waals surface area contributed by atoms with Crippen molar-refractivity contribution >= 4 is 17.7 Å². The molecule has 1 fully saturated rings. The normalized spacial score (nSPS) is 13.8. The quantitative estimate of drug-likeness (QED) is 0.902. The summed E-state index contributed by atoms with van der Waals surface area (Å²) in [5.74, 6) is -0.855. The maximum atomic E-state index is 13.1. The molecule has 2 aromatic rings. The molecule has 0 bridgehead atoms. The van der Waals surface area contributed by atoms with Crippen LogP contribution in [0.25, 0.3) is 0 Å². The molecule has 0 unspecified atom stereocenters. The lowest BCUT2D eigenvalue weighted by Crippen LogP contribution is -2.29. The van der Waals surface area contributed by atoms with Crippen LogP contribution in [-0.4, -0.2) is 29.1 Å². The van der Waals surface area contributed by atoms with Crippen LogP contribution >= 0.6 is 0 Å². The standard InChI is InChI=1S/C16H17F2N5O/c17-11-7-12(18)9-14(8-11)22-16(24)20-10-13-3-4-19-15(21-13)23-5-1-2-6-23/h3-4,7-9H,1-2,5-6,10H2,(H2,20,22,24). The third-order valence-corrected chi connectivity index (χ3v) is 3.64. The second-order valence-corrected chi connectivity index (χ2v) is 5.51. The van der Waals surface area contributed by atoms with Gasteiger partial charge >= 0.3 is 6.03 Å². The van der Waals surface area contributed by atoms with Gasteiger partial charge in [-0.15, -0.1) is 0 Å². The Hall–Kier alpha value is -2.77. The molecule has 0 saturated carbocycles. The summed E-state index contributed by atoms with van der Waals surface area (Å²) in [4.78, 5) is 22.6. The van der Waals surface area contributed by atoms with Crippen LogP contribution in [0, 0.1) is 11.6 Å². The number of benzene rings is 1. The average Bonchev–Trinajstić information content (AvgIpc) is 3.07. The highest BCUT2D eigenvalue weighted by Gasteiger charge is 2.15. The number of carbonyl (C=O) groups excluding carboxylic acids is 1. The molecule has 1 aliphatic rings. The number of anilines is 2. The van der Waals surface area contributed by atoms with E-state index >= 15 is 0 Å². The number of amides is 2. The Morgan fingerprint density at radius 1 is 1.17 bits per heavy atom. The topological polar surface area (TPSA) is 70.2 Å². The van der Waals surface area contributed by atoms with Crippen molar-refractivity contribution in [3.8, 4) is 0 Å². The number of urea groups is 1. The molecule has 0 radical (unpaired) electrons. The number of nitrogens with one attached hydrogen (secondary N) is 2. The molecule has 8 heteroatoms. The number of halogens is 2. The smallest absolute Gasteiger partial charge is 0.319 e. The Balaban J connectivity index is 1.57. The Morgan fingerprint density at radius 2 is 1.88 bits per heavy atom. The highest BCUT2D eigenvalue weighted by Crippen LogP contribution is 2.15. The predicted octanol–water partition coefficient (Wildman–Crippen LogP) is 2.68. The lowest BCUT2D eigenvalue weighted by Gasteiger charge is -2.15. The largest absolute Gasteiger partial charge is 0.341 e. The highest BCUT2D eigenvalue weighted by atomic mass is 19.1. The molecule has 24 heavy (non-hydrogen) atoms. The third kappa shape index (κ3) is 4.15. The van der Waals surface area contributed by atoms with E-state index in [0.29, 0.717) is 11.6 Å². The van der Waals surface area contributed by atoms with Crippen LogP contribution in [0.4, 0.5) is 25.2 Å². The van der Waals surface area contributed by atoms with Crippen LogP contribution in [0.2, 0.25) is 0 Å². The minimum atomic E-state index is -0.753. The molecule has 2 heterocycles. The minimum Gasteiger partial charge on any atom is -0.341 e. The van der Waals surface area contributed by atoms with E-state index in [2.05, 4.69) is 25.5 Å². The summed E-state index contributed by atoms with van der Waals surface area (Å²) in [6.07, 6.45) is 3.90. The van der Waals surface area contributed by atoms with E-state index in [1.54, 1.807) is 12.3 Å². The first kappa shape index (κ1) is 16.1. The summed E-state index contributed by atoms with van der Waals surface area (Å²) in [5, 5.41) is 4.98. The second kappa shape index (κ2) is 7.20. The predicted molar refractivity (Wildman–Crippen MR) is 85.7 cm³/mol. The number of carbonyl (C=O) groups is 1. The first-order valence-corrected chi connectivity index (χ1v) is 7.68. The van der Waals surface area contributed by atoms with Crippen LogP contribution in [0.5, 0.6) is 0 Å². The molecule has 0 atom stereocenters. The summed E-state index contributed by atoms with van der Waals surface area (Å²) in [6, 6.07) is 3.96. The third-order valence-electron chi connectivity index (χ3n) is 3.64. The lowest BCUT2D eigenvalue weighted by molar-refractivity contribution is 0.251. The van der Waals surface area contributed by atoms with E-state index in [-0.39, 0.29) is 12.2 Å². The molecule has 1 saturated heterocycles. The van der Waals surface area contributed by atoms with Gasteiger partial charge in [-0.2, -0.15) is 0 Å². The number of rotatable bonds is 4. The molecular formula is C16H17F2N5O. The van der Waals surface area contributed by atoms with Crippen molar-refractivity contribution in [3.05, 3.63) is 47.8 Å². The molecule has 1 aromatic heterocycles. The number of hydrogen-bond donors (Lipinski definition) is 2. The van der Waals surface area contributed by atoms with E-state index < -0.39 is 17.7 Å². The molecular weight excluding hydrogens is 316 g/mol. The van der Waals surface area contributed by atoms with E-state index in [4.69, 9.17) is 0 Å². The van der Waals surface area contributed by atoms with Crippen molar-refractivity contribution in [3.63, 3.8) is 0 Å². The van der Waals surface area contributed by atoms with Crippen molar-refractivity contribution in [2.75, 3.05) is 23.3 Å². The fourth-order valence-corrected chi connectivity index (χ4v) is 2.52. The molecule has 126 valence electrons. The van der Waals surface area contributed by atoms with Crippen LogP contribution in [0.3, 0.4) is 0 Å². The first-order valence-electron chi connectivity index (χ1n) is 7.68. The summed E-state index contributed by atoms with van der Waals surface area (Å²) in [5.41, 5.74) is 0.706. The molecule has 2 amide bonds. The zero-order valence-electron chi connectivity index (χ0n) is 12.9. The molecule has 3 rings (SSSR count). The Bertz CT molecular complexity index is 714. The van der Waals surface area contributed by atoms with Gasteiger partial charge in [-0.05, 0) is 31.0 Å². The monoisotopic (exact) mass is 333 g/mol. The molecule has 6 nitrogen and oxygen atoms in total.